The fraction of sp³-hybridized carbons (Fsp3) is 0.292. The van der Waals surface area contributed by atoms with Gasteiger partial charge in [0.25, 0.3) is 0 Å². The third-order valence-corrected chi connectivity index (χ3v) is 5.04. The van der Waals surface area contributed by atoms with Gasteiger partial charge in [0.05, 0.1) is 6.10 Å². The number of hydrogen-bond acceptors (Lipinski definition) is 2. The number of aliphatic hydroxyl groups is 1. The molecule has 0 amide bonds. The molecule has 1 aliphatic carbocycles. The Morgan fingerprint density at radius 3 is 2.04 bits per heavy atom. The molecule has 2 aromatic rings. The van der Waals surface area contributed by atoms with E-state index in [1.165, 1.54) is 11.1 Å². The standard InChI is InChI=1S/C24H26O2/c25-23-18-24(26)22(17-9-15-20-12-5-2-6-13-20)21(23)16-8-7-14-19-10-3-1-4-11-19/h1-13,17,21-22,24,26H,14-16,18H2/b8-7-,17-9+/t21-,22-,24-/m1/s1. The molecule has 0 aromatic heterocycles. The van der Waals surface area contributed by atoms with E-state index >= 15 is 0 Å². The van der Waals surface area contributed by atoms with Gasteiger partial charge in [0, 0.05) is 18.3 Å². The van der Waals surface area contributed by atoms with Gasteiger partial charge in [-0.05, 0) is 30.4 Å². The van der Waals surface area contributed by atoms with Crippen LogP contribution in [0.2, 0.25) is 0 Å². The van der Waals surface area contributed by atoms with Crippen LogP contribution in [0.1, 0.15) is 24.0 Å². The Kier molecular flexibility index (Phi) is 6.56. The van der Waals surface area contributed by atoms with Crippen LogP contribution in [0.4, 0.5) is 0 Å². The first-order chi connectivity index (χ1) is 12.7. The van der Waals surface area contributed by atoms with Crippen molar-refractivity contribution in [3.63, 3.8) is 0 Å². The van der Waals surface area contributed by atoms with E-state index in [0.717, 1.165) is 12.8 Å². The lowest BCUT2D eigenvalue weighted by Crippen LogP contribution is -2.18. The number of hydrogen-bond donors (Lipinski definition) is 1. The van der Waals surface area contributed by atoms with E-state index in [4.69, 9.17) is 0 Å². The minimum atomic E-state index is -0.554. The van der Waals surface area contributed by atoms with Gasteiger partial charge < -0.3 is 5.11 Å². The van der Waals surface area contributed by atoms with E-state index in [1.807, 2.05) is 42.5 Å². The van der Waals surface area contributed by atoms with E-state index in [0.29, 0.717) is 6.42 Å². The lowest BCUT2D eigenvalue weighted by Gasteiger charge is -2.15. The van der Waals surface area contributed by atoms with Gasteiger partial charge in [-0.1, -0.05) is 85.0 Å². The number of Topliss-reactive ketones (excluding diaryl/α,β-unsaturated/α-hetero) is 1. The van der Waals surface area contributed by atoms with Crippen LogP contribution < -0.4 is 0 Å². The summed E-state index contributed by atoms with van der Waals surface area (Å²) in [6, 6.07) is 20.5. The van der Waals surface area contributed by atoms with Crippen molar-refractivity contribution in [1.29, 1.82) is 0 Å². The van der Waals surface area contributed by atoms with Crippen molar-refractivity contribution >= 4 is 5.78 Å². The molecule has 2 heteroatoms. The largest absolute Gasteiger partial charge is 0.392 e. The highest BCUT2D eigenvalue weighted by molar-refractivity contribution is 5.84. The van der Waals surface area contributed by atoms with Crippen molar-refractivity contribution in [3.05, 3.63) is 96.1 Å². The molecule has 2 nitrogen and oxygen atoms in total. The summed E-state index contributed by atoms with van der Waals surface area (Å²) in [5.41, 5.74) is 2.50. The van der Waals surface area contributed by atoms with E-state index in [-0.39, 0.29) is 24.0 Å². The van der Waals surface area contributed by atoms with Crippen molar-refractivity contribution in [2.75, 3.05) is 0 Å². The molecule has 26 heavy (non-hydrogen) atoms. The maximum Gasteiger partial charge on any atom is 0.139 e. The van der Waals surface area contributed by atoms with Crippen LogP contribution in [-0.4, -0.2) is 17.0 Å². The van der Waals surface area contributed by atoms with Gasteiger partial charge in [-0.3, -0.25) is 4.79 Å². The van der Waals surface area contributed by atoms with Crippen molar-refractivity contribution in [1.82, 2.24) is 0 Å². The van der Waals surface area contributed by atoms with Gasteiger partial charge in [0.2, 0.25) is 0 Å². The SMILES string of the molecule is O=C1C[C@@H](O)[C@H](/C=C/Cc2ccccc2)[C@H]1C/C=C\Cc1ccccc1. The highest BCUT2D eigenvalue weighted by atomic mass is 16.3. The molecule has 0 aliphatic heterocycles. The summed E-state index contributed by atoms with van der Waals surface area (Å²) in [4.78, 5) is 12.3. The Labute approximate surface area is 155 Å². The molecule has 134 valence electrons. The second-order valence-electron chi connectivity index (χ2n) is 6.94. The zero-order valence-corrected chi connectivity index (χ0v) is 15.0. The fourth-order valence-corrected chi connectivity index (χ4v) is 3.58. The Morgan fingerprint density at radius 1 is 0.846 bits per heavy atom. The molecule has 0 radical (unpaired) electrons. The number of allylic oxidation sites excluding steroid dienone is 3. The Balaban J connectivity index is 1.56. The molecule has 0 spiro atoms. The molecule has 0 saturated heterocycles. The Morgan fingerprint density at radius 2 is 1.42 bits per heavy atom. The van der Waals surface area contributed by atoms with Crippen molar-refractivity contribution in [2.24, 2.45) is 11.8 Å². The van der Waals surface area contributed by atoms with Crippen LogP contribution >= 0.6 is 0 Å². The zero-order chi connectivity index (χ0) is 18.2. The molecule has 3 atom stereocenters. The molecule has 1 N–H and O–H groups in total. The third-order valence-electron chi connectivity index (χ3n) is 5.04. The zero-order valence-electron chi connectivity index (χ0n) is 15.0. The second-order valence-corrected chi connectivity index (χ2v) is 6.94. The monoisotopic (exact) mass is 346 g/mol. The number of ketones is 1. The minimum Gasteiger partial charge on any atom is -0.392 e. The van der Waals surface area contributed by atoms with Gasteiger partial charge in [-0.2, -0.15) is 0 Å². The first kappa shape index (κ1) is 18.3. The van der Waals surface area contributed by atoms with Crippen LogP contribution in [0.15, 0.2) is 85.0 Å². The normalized spacial score (nSPS) is 23.3. The van der Waals surface area contributed by atoms with Gasteiger partial charge in [0.1, 0.15) is 5.78 Å². The highest BCUT2D eigenvalue weighted by Crippen LogP contribution is 2.33. The fourth-order valence-electron chi connectivity index (χ4n) is 3.58. The Hall–Kier alpha value is -2.45. The smallest absolute Gasteiger partial charge is 0.139 e. The van der Waals surface area contributed by atoms with Crippen LogP contribution in [0.3, 0.4) is 0 Å². The molecular weight excluding hydrogens is 320 g/mol. The summed E-state index contributed by atoms with van der Waals surface area (Å²) < 4.78 is 0. The topological polar surface area (TPSA) is 37.3 Å². The molecule has 0 heterocycles. The number of carbonyl (C=O) groups is 1. The van der Waals surface area contributed by atoms with Crippen LogP contribution in [0.25, 0.3) is 0 Å². The predicted molar refractivity (Wildman–Crippen MR) is 106 cm³/mol. The lowest BCUT2D eigenvalue weighted by atomic mass is 9.90. The van der Waals surface area contributed by atoms with Gasteiger partial charge in [-0.25, -0.2) is 0 Å². The van der Waals surface area contributed by atoms with E-state index in [9.17, 15) is 9.90 Å². The van der Waals surface area contributed by atoms with E-state index in [1.54, 1.807) is 0 Å². The molecule has 3 rings (SSSR count). The number of carbonyl (C=O) groups excluding carboxylic acids is 1. The molecule has 0 bridgehead atoms. The van der Waals surface area contributed by atoms with Crippen LogP contribution in [0, 0.1) is 11.8 Å². The molecule has 1 saturated carbocycles. The van der Waals surface area contributed by atoms with Gasteiger partial charge >= 0.3 is 0 Å². The van der Waals surface area contributed by atoms with Crippen molar-refractivity contribution in [3.8, 4) is 0 Å². The minimum absolute atomic E-state index is 0.0763. The second kappa shape index (κ2) is 9.30. The average Bonchev–Trinajstić information content (AvgIpc) is 2.94. The van der Waals surface area contributed by atoms with E-state index in [2.05, 4.69) is 42.5 Å². The molecule has 1 aliphatic rings. The summed E-state index contributed by atoms with van der Waals surface area (Å²) in [6.07, 6.45) is 10.5. The maximum atomic E-state index is 12.3. The number of rotatable bonds is 7. The average molecular weight is 346 g/mol. The van der Waals surface area contributed by atoms with E-state index < -0.39 is 6.10 Å². The quantitative estimate of drug-likeness (QED) is 0.747. The number of benzene rings is 2. The summed E-state index contributed by atoms with van der Waals surface area (Å²) in [7, 11) is 0. The molecule has 1 fully saturated rings. The van der Waals surface area contributed by atoms with Gasteiger partial charge in [0.15, 0.2) is 0 Å². The third kappa shape index (κ3) is 5.03. The molecule has 0 unspecified atom stereocenters. The Bertz CT molecular complexity index is 746. The summed E-state index contributed by atoms with van der Waals surface area (Å²) >= 11 is 0. The lowest BCUT2D eigenvalue weighted by molar-refractivity contribution is -0.121. The summed E-state index contributed by atoms with van der Waals surface area (Å²) in [5, 5.41) is 10.3. The predicted octanol–water partition coefficient (Wildman–Crippen LogP) is 4.54. The first-order valence-corrected chi connectivity index (χ1v) is 9.34. The molecular formula is C24H26O2. The van der Waals surface area contributed by atoms with Crippen molar-refractivity contribution < 1.29 is 9.90 Å². The maximum absolute atomic E-state index is 12.3. The van der Waals surface area contributed by atoms with Crippen molar-refractivity contribution in [2.45, 2.75) is 31.8 Å². The first-order valence-electron chi connectivity index (χ1n) is 9.34. The summed E-state index contributed by atoms with van der Waals surface area (Å²) in [6.45, 7) is 0. The highest BCUT2D eigenvalue weighted by Gasteiger charge is 2.38. The van der Waals surface area contributed by atoms with Crippen LogP contribution in [0.5, 0.6) is 0 Å². The summed E-state index contributed by atoms with van der Waals surface area (Å²) in [5.74, 6) is -0.00661. The molecule has 2 aromatic carbocycles. The number of aliphatic hydroxyl groups excluding tert-OH is 1. The van der Waals surface area contributed by atoms with Gasteiger partial charge in [-0.15, -0.1) is 0 Å². The van der Waals surface area contributed by atoms with Crippen LogP contribution in [-0.2, 0) is 17.6 Å².